The number of unbranched alkanes of at least 4 members (excludes halogenated alkanes) is 1. The molecule has 0 radical (unpaired) electrons. The highest BCUT2D eigenvalue weighted by Gasteiger charge is 2.11. The minimum absolute atomic E-state index is 0.486. The predicted molar refractivity (Wildman–Crippen MR) is 73.8 cm³/mol. The van der Waals surface area contributed by atoms with Crippen molar-refractivity contribution in [3.05, 3.63) is 33.8 Å². The zero-order chi connectivity index (χ0) is 12.8. The monoisotopic (exact) mass is 275 g/mol. The minimum Gasteiger partial charge on any atom is -0.387 e. The molecule has 1 unspecified atom stereocenters. The number of hydrogen-bond donors (Lipinski definition) is 1. The molecule has 0 saturated carbocycles. The van der Waals surface area contributed by atoms with E-state index in [2.05, 4.69) is 11.8 Å². The zero-order valence-corrected chi connectivity index (χ0v) is 11.8. The van der Waals surface area contributed by atoms with Gasteiger partial charge in [0, 0.05) is 6.54 Å². The van der Waals surface area contributed by atoms with Crippen LogP contribution in [0.2, 0.25) is 10.0 Å². The fourth-order valence-electron chi connectivity index (χ4n) is 1.64. The molecule has 0 heterocycles. The quantitative estimate of drug-likeness (QED) is 0.855. The summed E-state index contributed by atoms with van der Waals surface area (Å²) in [5, 5.41) is 11.1. The van der Waals surface area contributed by atoms with E-state index in [0.29, 0.717) is 16.6 Å². The maximum absolute atomic E-state index is 10.1. The molecule has 0 spiro atoms. The average Bonchev–Trinajstić information content (AvgIpc) is 2.30. The Labute approximate surface area is 113 Å². The first-order valence-electron chi connectivity index (χ1n) is 5.86. The van der Waals surface area contributed by atoms with E-state index in [1.54, 1.807) is 12.1 Å². The maximum Gasteiger partial charge on any atom is 0.0917 e. The lowest BCUT2D eigenvalue weighted by Crippen LogP contribution is -2.25. The lowest BCUT2D eigenvalue weighted by atomic mass is 10.1. The number of hydrogen-bond acceptors (Lipinski definition) is 2. The van der Waals surface area contributed by atoms with Crippen LogP contribution < -0.4 is 0 Å². The molecule has 4 heteroatoms. The molecule has 0 saturated heterocycles. The van der Waals surface area contributed by atoms with E-state index in [1.807, 2.05) is 13.1 Å². The fraction of sp³-hybridized carbons (Fsp3) is 0.538. The lowest BCUT2D eigenvalue weighted by Gasteiger charge is -2.20. The van der Waals surface area contributed by atoms with E-state index in [1.165, 1.54) is 0 Å². The SMILES string of the molecule is CCCCN(C)CC(O)c1ccc(Cl)c(Cl)c1. The molecule has 17 heavy (non-hydrogen) atoms. The van der Waals surface area contributed by atoms with Crippen LogP contribution in [0.3, 0.4) is 0 Å². The molecule has 1 atom stereocenters. The van der Waals surface area contributed by atoms with Gasteiger partial charge in [0.05, 0.1) is 16.1 Å². The molecule has 96 valence electrons. The highest BCUT2D eigenvalue weighted by Crippen LogP contribution is 2.25. The summed E-state index contributed by atoms with van der Waals surface area (Å²) in [6, 6.07) is 5.25. The van der Waals surface area contributed by atoms with E-state index in [4.69, 9.17) is 23.2 Å². The Kier molecular flexibility index (Phi) is 6.28. The Morgan fingerprint density at radius 1 is 1.29 bits per heavy atom. The van der Waals surface area contributed by atoms with Crippen molar-refractivity contribution >= 4 is 23.2 Å². The van der Waals surface area contributed by atoms with E-state index < -0.39 is 6.10 Å². The minimum atomic E-state index is -0.522. The summed E-state index contributed by atoms with van der Waals surface area (Å²) in [5.74, 6) is 0. The Bertz CT molecular complexity index is 357. The third-order valence-electron chi connectivity index (χ3n) is 2.71. The van der Waals surface area contributed by atoms with Crippen LogP contribution in [0.5, 0.6) is 0 Å². The molecule has 1 rings (SSSR count). The van der Waals surface area contributed by atoms with Crippen molar-refractivity contribution in [2.24, 2.45) is 0 Å². The fourth-order valence-corrected chi connectivity index (χ4v) is 1.95. The smallest absolute Gasteiger partial charge is 0.0917 e. The molecule has 0 aromatic heterocycles. The standard InChI is InChI=1S/C13H19Cl2NO/c1-3-4-7-16(2)9-13(17)10-5-6-11(14)12(15)8-10/h5-6,8,13,17H,3-4,7,9H2,1-2H3. The van der Waals surface area contributed by atoms with Gasteiger partial charge in [-0.1, -0.05) is 42.6 Å². The van der Waals surface area contributed by atoms with Crippen LogP contribution >= 0.6 is 23.2 Å². The first kappa shape index (κ1) is 14.8. The molecule has 0 aliphatic carbocycles. The molecule has 0 fully saturated rings. The first-order valence-corrected chi connectivity index (χ1v) is 6.61. The number of benzene rings is 1. The molecule has 1 N–H and O–H groups in total. The molecule has 0 amide bonds. The molecular weight excluding hydrogens is 257 g/mol. The summed E-state index contributed by atoms with van der Waals surface area (Å²) in [4.78, 5) is 2.12. The molecular formula is C13H19Cl2NO. The second kappa shape index (κ2) is 7.22. The number of aliphatic hydroxyl groups is 1. The summed E-state index contributed by atoms with van der Waals surface area (Å²) >= 11 is 11.8. The van der Waals surface area contributed by atoms with Crippen molar-refractivity contribution in [1.29, 1.82) is 0 Å². The second-order valence-electron chi connectivity index (χ2n) is 4.31. The van der Waals surface area contributed by atoms with Gasteiger partial charge in [-0.15, -0.1) is 0 Å². The van der Waals surface area contributed by atoms with Crippen molar-refractivity contribution in [3.63, 3.8) is 0 Å². The second-order valence-corrected chi connectivity index (χ2v) is 5.12. The zero-order valence-electron chi connectivity index (χ0n) is 10.3. The molecule has 0 aliphatic heterocycles. The third kappa shape index (κ3) is 4.84. The number of likely N-dealkylation sites (N-methyl/N-ethyl adjacent to an activating group) is 1. The van der Waals surface area contributed by atoms with Gasteiger partial charge in [-0.25, -0.2) is 0 Å². The van der Waals surface area contributed by atoms with Gasteiger partial charge >= 0.3 is 0 Å². The summed E-state index contributed by atoms with van der Waals surface area (Å²) < 4.78 is 0. The molecule has 0 aliphatic rings. The van der Waals surface area contributed by atoms with Gasteiger partial charge in [-0.2, -0.15) is 0 Å². The van der Waals surface area contributed by atoms with Gasteiger partial charge in [0.15, 0.2) is 0 Å². The summed E-state index contributed by atoms with van der Waals surface area (Å²) in [6.45, 7) is 3.76. The molecule has 1 aromatic rings. The van der Waals surface area contributed by atoms with Crippen LogP contribution in [0.15, 0.2) is 18.2 Å². The van der Waals surface area contributed by atoms with Crippen LogP contribution in [-0.4, -0.2) is 30.1 Å². The third-order valence-corrected chi connectivity index (χ3v) is 3.45. The summed E-state index contributed by atoms with van der Waals surface area (Å²) in [6.07, 6.45) is 1.78. The van der Waals surface area contributed by atoms with Crippen LogP contribution in [-0.2, 0) is 0 Å². The van der Waals surface area contributed by atoms with E-state index in [-0.39, 0.29) is 0 Å². The van der Waals surface area contributed by atoms with Gasteiger partial charge in [0.1, 0.15) is 0 Å². The van der Waals surface area contributed by atoms with Crippen molar-refractivity contribution < 1.29 is 5.11 Å². The number of rotatable bonds is 6. The van der Waals surface area contributed by atoms with Crippen molar-refractivity contribution in [2.75, 3.05) is 20.1 Å². The highest BCUT2D eigenvalue weighted by molar-refractivity contribution is 6.42. The Balaban J connectivity index is 2.57. The van der Waals surface area contributed by atoms with E-state index in [9.17, 15) is 5.11 Å². The normalized spacial score (nSPS) is 13.1. The number of halogens is 2. The lowest BCUT2D eigenvalue weighted by molar-refractivity contribution is 0.126. The average molecular weight is 276 g/mol. The van der Waals surface area contributed by atoms with Crippen LogP contribution in [0.25, 0.3) is 0 Å². The molecule has 0 bridgehead atoms. The van der Waals surface area contributed by atoms with Crippen molar-refractivity contribution in [3.8, 4) is 0 Å². The number of aliphatic hydroxyl groups excluding tert-OH is 1. The Hall–Kier alpha value is -0.280. The number of nitrogens with zero attached hydrogens (tertiary/aromatic N) is 1. The van der Waals surface area contributed by atoms with Crippen LogP contribution in [0.1, 0.15) is 31.4 Å². The summed E-state index contributed by atoms with van der Waals surface area (Å²) in [5.41, 5.74) is 0.808. The van der Waals surface area contributed by atoms with Crippen molar-refractivity contribution in [1.82, 2.24) is 4.90 Å². The van der Waals surface area contributed by atoms with Crippen LogP contribution in [0, 0.1) is 0 Å². The topological polar surface area (TPSA) is 23.5 Å². The first-order chi connectivity index (χ1) is 8.04. The van der Waals surface area contributed by atoms with Gasteiger partial charge < -0.3 is 10.0 Å². The molecule has 2 nitrogen and oxygen atoms in total. The van der Waals surface area contributed by atoms with Gasteiger partial charge in [0.2, 0.25) is 0 Å². The highest BCUT2D eigenvalue weighted by atomic mass is 35.5. The summed E-state index contributed by atoms with van der Waals surface area (Å²) in [7, 11) is 2.01. The maximum atomic E-state index is 10.1. The Morgan fingerprint density at radius 3 is 2.59 bits per heavy atom. The largest absolute Gasteiger partial charge is 0.387 e. The van der Waals surface area contributed by atoms with Gasteiger partial charge in [0.25, 0.3) is 0 Å². The predicted octanol–water partition coefficient (Wildman–Crippen LogP) is 3.76. The van der Waals surface area contributed by atoms with Crippen LogP contribution in [0.4, 0.5) is 0 Å². The van der Waals surface area contributed by atoms with E-state index >= 15 is 0 Å². The molecule has 1 aromatic carbocycles. The van der Waals surface area contributed by atoms with Crippen molar-refractivity contribution in [2.45, 2.75) is 25.9 Å². The van der Waals surface area contributed by atoms with E-state index in [0.717, 1.165) is 24.9 Å². The van der Waals surface area contributed by atoms with Gasteiger partial charge in [-0.3, -0.25) is 0 Å². The van der Waals surface area contributed by atoms with Gasteiger partial charge in [-0.05, 0) is 37.7 Å². The Morgan fingerprint density at radius 2 is 2.00 bits per heavy atom.